The van der Waals surface area contributed by atoms with Crippen molar-refractivity contribution in [3.63, 3.8) is 0 Å². The quantitative estimate of drug-likeness (QED) is 0.811. The number of carbonyl (C=O) groups is 1. The van der Waals surface area contributed by atoms with Gasteiger partial charge in [-0.3, -0.25) is 4.79 Å². The van der Waals surface area contributed by atoms with E-state index in [0.29, 0.717) is 5.56 Å². The minimum Gasteiger partial charge on any atom is -0.319 e. The number of benzene rings is 1. The number of hydrogen-bond acceptors (Lipinski definition) is 2. The van der Waals surface area contributed by atoms with Crippen molar-refractivity contribution in [2.24, 2.45) is 0 Å². The molecule has 0 saturated heterocycles. The van der Waals surface area contributed by atoms with Gasteiger partial charge in [0.15, 0.2) is 5.82 Å². The maximum Gasteiger partial charge on any atom is 0.255 e. The van der Waals surface area contributed by atoms with Crippen molar-refractivity contribution >= 4 is 11.6 Å². The highest BCUT2D eigenvalue weighted by Gasteiger charge is 2.10. The molecule has 2 aromatic rings. The van der Waals surface area contributed by atoms with Crippen LogP contribution < -0.4 is 5.32 Å². The molecule has 0 radical (unpaired) electrons. The molecule has 0 fully saturated rings. The van der Waals surface area contributed by atoms with Crippen LogP contribution in [0.15, 0.2) is 42.6 Å². The van der Waals surface area contributed by atoms with E-state index >= 15 is 0 Å². The normalized spacial score (nSPS) is 10.0. The molecule has 1 aromatic heterocycles. The highest BCUT2D eigenvalue weighted by molar-refractivity contribution is 6.04. The Hall–Kier alpha value is -2.30. The number of rotatable bonds is 2. The molecular weight excluding hydrogens is 226 g/mol. The molecule has 0 atom stereocenters. The van der Waals surface area contributed by atoms with E-state index in [2.05, 4.69) is 10.3 Å². The van der Waals surface area contributed by atoms with Gasteiger partial charge in [0.1, 0.15) is 0 Å². The third-order valence-electron chi connectivity index (χ3n) is 2.11. The highest BCUT2D eigenvalue weighted by atomic mass is 19.1. The Bertz CT molecular complexity index is 543. The van der Waals surface area contributed by atoms with Crippen LogP contribution in [-0.2, 0) is 0 Å². The molecule has 0 aliphatic heterocycles. The summed E-state index contributed by atoms with van der Waals surface area (Å²) in [7, 11) is 0. The first kappa shape index (κ1) is 11.2. The van der Waals surface area contributed by atoms with Crippen molar-refractivity contribution in [1.29, 1.82) is 0 Å². The van der Waals surface area contributed by atoms with Gasteiger partial charge in [0.25, 0.3) is 5.91 Å². The smallest absolute Gasteiger partial charge is 0.255 e. The Balaban J connectivity index is 2.22. The Morgan fingerprint density at radius 3 is 2.59 bits per heavy atom. The molecule has 0 saturated carbocycles. The predicted octanol–water partition coefficient (Wildman–Crippen LogP) is 2.61. The second kappa shape index (κ2) is 4.69. The molecule has 0 spiro atoms. The fourth-order valence-electron chi connectivity index (χ4n) is 1.29. The standard InChI is InChI=1S/C12H8F2N2O/c13-9-7-15-11(14)6-10(9)16-12(17)8-4-2-1-3-5-8/h1-7H,(H,15,16,17). The first-order chi connectivity index (χ1) is 8.16. The SMILES string of the molecule is O=C(Nc1cc(F)ncc1F)c1ccccc1. The Morgan fingerprint density at radius 1 is 1.18 bits per heavy atom. The average Bonchev–Trinajstić information content (AvgIpc) is 2.35. The van der Waals surface area contributed by atoms with Gasteiger partial charge < -0.3 is 5.32 Å². The Kier molecular flexibility index (Phi) is 3.09. The Morgan fingerprint density at radius 2 is 1.88 bits per heavy atom. The molecule has 0 aliphatic carbocycles. The van der Waals surface area contributed by atoms with E-state index < -0.39 is 17.7 Å². The molecule has 2 rings (SSSR count). The molecule has 1 N–H and O–H groups in total. The zero-order chi connectivity index (χ0) is 12.3. The van der Waals surface area contributed by atoms with E-state index in [4.69, 9.17) is 0 Å². The monoisotopic (exact) mass is 234 g/mol. The molecule has 0 bridgehead atoms. The van der Waals surface area contributed by atoms with E-state index in [9.17, 15) is 13.6 Å². The fourth-order valence-corrected chi connectivity index (χ4v) is 1.29. The van der Waals surface area contributed by atoms with Gasteiger partial charge in [0.2, 0.25) is 5.95 Å². The molecule has 86 valence electrons. The molecule has 1 aromatic carbocycles. The van der Waals surface area contributed by atoms with Crippen molar-refractivity contribution in [1.82, 2.24) is 4.98 Å². The van der Waals surface area contributed by atoms with Crippen LogP contribution in [0, 0.1) is 11.8 Å². The van der Waals surface area contributed by atoms with Gasteiger partial charge in [0, 0.05) is 11.6 Å². The van der Waals surface area contributed by atoms with Crippen molar-refractivity contribution in [2.75, 3.05) is 5.32 Å². The van der Waals surface area contributed by atoms with Crippen LogP contribution in [0.3, 0.4) is 0 Å². The van der Waals surface area contributed by atoms with Crippen molar-refractivity contribution in [3.8, 4) is 0 Å². The number of nitrogens with zero attached hydrogens (tertiary/aromatic N) is 1. The number of nitrogens with one attached hydrogen (secondary N) is 1. The van der Waals surface area contributed by atoms with Crippen LogP contribution in [0.25, 0.3) is 0 Å². The van der Waals surface area contributed by atoms with Crippen LogP contribution >= 0.6 is 0 Å². The van der Waals surface area contributed by atoms with Crippen LogP contribution in [0.2, 0.25) is 0 Å². The van der Waals surface area contributed by atoms with Gasteiger partial charge in [-0.05, 0) is 12.1 Å². The van der Waals surface area contributed by atoms with E-state index in [1.165, 1.54) is 0 Å². The molecule has 1 amide bonds. The first-order valence-corrected chi connectivity index (χ1v) is 4.84. The van der Waals surface area contributed by atoms with Gasteiger partial charge in [0.05, 0.1) is 11.9 Å². The van der Waals surface area contributed by atoms with Crippen LogP contribution in [0.5, 0.6) is 0 Å². The van der Waals surface area contributed by atoms with Crippen molar-refractivity contribution in [3.05, 3.63) is 59.9 Å². The van der Waals surface area contributed by atoms with Gasteiger partial charge in [-0.15, -0.1) is 0 Å². The maximum atomic E-state index is 13.2. The topological polar surface area (TPSA) is 42.0 Å². The second-order valence-corrected chi connectivity index (χ2v) is 3.31. The number of amides is 1. The first-order valence-electron chi connectivity index (χ1n) is 4.84. The van der Waals surface area contributed by atoms with Crippen LogP contribution in [0.1, 0.15) is 10.4 Å². The molecule has 17 heavy (non-hydrogen) atoms. The molecule has 0 unspecified atom stereocenters. The lowest BCUT2D eigenvalue weighted by atomic mass is 10.2. The molecule has 5 heteroatoms. The summed E-state index contributed by atoms with van der Waals surface area (Å²) in [5.74, 6) is -2.14. The predicted molar refractivity (Wildman–Crippen MR) is 58.5 cm³/mol. The van der Waals surface area contributed by atoms with E-state index in [0.717, 1.165) is 12.3 Å². The Labute approximate surface area is 96.1 Å². The van der Waals surface area contributed by atoms with Gasteiger partial charge >= 0.3 is 0 Å². The number of halogens is 2. The third kappa shape index (κ3) is 2.63. The van der Waals surface area contributed by atoms with Crippen molar-refractivity contribution in [2.45, 2.75) is 0 Å². The summed E-state index contributed by atoms with van der Waals surface area (Å²) in [6.07, 6.45) is 0.718. The van der Waals surface area contributed by atoms with E-state index in [-0.39, 0.29) is 5.69 Å². The molecule has 1 heterocycles. The summed E-state index contributed by atoms with van der Waals surface area (Å²) >= 11 is 0. The fraction of sp³-hybridized carbons (Fsp3) is 0. The van der Waals surface area contributed by atoms with Crippen molar-refractivity contribution < 1.29 is 13.6 Å². The summed E-state index contributed by atoms with van der Waals surface area (Å²) in [6, 6.07) is 9.09. The molecule has 3 nitrogen and oxygen atoms in total. The average molecular weight is 234 g/mol. The summed E-state index contributed by atoms with van der Waals surface area (Å²) in [4.78, 5) is 14.8. The number of anilines is 1. The van der Waals surface area contributed by atoms with Crippen LogP contribution in [0.4, 0.5) is 14.5 Å². The highest BCUT2D eigenvalue weighted by Crippen LogP contribution is 2.14. The van der Waals surface area contributed by atoms with Crippen LogP contribution in [-0.4, -0.2) is 10.9 Å². The summed E-state index contributed by atoms with van der Waals surface area (Å²) in [5, 5.41) is 2.27. The summed E-state index contributed by atoms with van der Waals surface area (Å²) in [6.45, 7) is 0. The zero-order valence-corrected chi connectivity index (χ0v) is 8.65. The molecule has 0 aliphatic rings. The number of carbonyl (C=O) groups excluding carboxylic acids is 1. The van der Waals surface area contributed by atoms with E-state index in [1.54, 1.807) is 30.3 Å². The minimum absolute atomic E-state index is 0.230. The second-order valence-electron chi connectivity index (χ2n) is 3.31. The number of pyridine rings is 1. The number of hydrogen-bond donors (Lipinski definition) is 1. The van der Waals surface area contributed by atoms with Gasteiger partial charge in [-0.2, -0.15) is 4.39 Å². The lowest BCUT2D eigenvalue weighted by molar-refractivity contribution is 0.102. The van der Waals surface area contributed by atoms with Gasteiger partial charge in [-0.1, -0.05) is 18.2 Å². The third-order valence-corrected chi connectivity index (χ3v) is 2.11. The summed E-state index contributed by atoms with van der Waals surface area (Å²) < 4.78 is 26.0. The van der Waals surface area contributed by atoms with Gasteiger partial charge in [-0.25, -0.2) is 9.37 Å². The lowest BCUT2D eigenvalue weighted by Gasteiger charge is -2.05. The maximum absolute atomic E-state index is 13.2. The summed E-state index contributed by atoms with van der Waals surface area (Å²) in [5.41, 5.74) is 0.135. The molecular formula is C12H8F2N2O. The lowest BCUT2D eigenvalue weighted by Crippen LogP contribution is -2.13. The largest absolute Gasteiger partial charge is 0.319 e. The zero-order valence-electron chi connectivity index (χ0n) is 8.65. The van der Waals surface area contributed by atoms with E-state index in [1.807, 2.05) is 0 Å². The minimum atomic E-state index is -0.852. The number of aromatic nitrogens is 1.